The lowest BCUT2D eigenvalue weighted by Gasteiger charge is -2.09. The van der Waals surface area contributed by atoms with E-state index in [-0.39, 0.29) is 11.7 Å². The van der Waals surface area contributed by atoms with Crippen molar-refractivity contribution in [2.24, 2.45) is 0 Å². The van der Waals surface area contributed by atoms with Gasteiger partial charge >= 0.3 is 0 Å². The third-order valence-electron chi connectivity index (χ3n) is 3.14. The maximum Gasteiger partial charge on any atom is 0.253 e. The third-order valence-corrected chi connectivity index (χ3v) is 3.14. The van der Waals surface area contributed by atoms with Gasteiger partial charge in [0.15, 0.2) is 0 Å². The van der Waals surface area contributed by atoms with Crippen LogP contribution in [0, 0.1) is 0 Å². The lowest BCUT2D eigenvalue weighted by molar-refractivity contribution is 0.0954. The molecule has 0 atom stereocenters. The van der Waals surface area contributed by atoms with Crippen LogP contribution in [-0.2, 0) is 6.42 Å². The van der Waals surface area contributed by atoms with E-state index < -0.39 is 0 Å². The van der Waals surface area contributed by atoms with Gasteiger partial charge in [-0.15, -0.1) is 0 Å². The van der Waals surface area contributed by atoms with Crippen molar-refractivity contribution >= 4 is 11.6 Å². The summed E-state index contributed by atoms with van der Waals surface area (Å²) in [7, 11) is 1.54. The van der Waals surface area contributed by atoms with Crippen molar-refractivity contribution in [1.82, 2.24) is 5.32 Å². The number of amides is 1. The summed E-state index contributed by atoms with van der Waals surface area (Å²) in [5.41, 5.74) is 7.65. The zero-order chi connectivity index (χ0) is 15.2. The Bertz CT molecular complexity index is 624. The predicted octanol–water partition coefficient (Wildman–Crippen LogP) is 1.96. The Morgan fingerprint density at radius 3 is 2.62 bits per heavy atom. The van der Waals surface area contributed by atoms with E-state index in [0.717, 1.165) is 5.56 Å². The Labute approximate surface area is 123 Å². The fourth-order valence-corrected chi connectivity index (χ4v) is 1.94. The molecule has 21 heavy (non-hydrogen) atoms. The van der Waals surface area contributed by atoms with Gasteiger partial charge in [0.25, 0.3) is 5.91 Å². The number of carbonyl (C=O) groups is 1. The molecule has 2 rings (SSSR count). The molecule has 2 aromatic carbocycles. The van der Waals surface area contributed by atoms with Crippen molar-refractivity contribution in [2.45, 2.75) is 6.42 Å². The maximum absolute atomic E-state index is 12.1. The van der Waals surface area contributed by atoms with Crippen LogP contribution in [0.2, 0.25) is 0 Å². The van der Waals surface area contributed by atoms with E-state index in [4.69, 9.17) is 10.5 Å². The first-order chi connectivity index (χ1) is 10.1. The lowest BCUT2D eigenvalue weighted by atomic mass is 10.1. The van der Waals surface area contributed by atoms with E-state index in [1.807, 2.05) is 12.1 Å². The van der Waals surface area contributed by atoms with Gasteiger partial charge < -0.3 is 20.9 Å². The van der Waals surface area contributed by atoms with E-state index in [9.17, 15) is 9.90 Å². The number of phenols is 1. The smallest absolute Gasteiger partial charge is 0.253 e. The average Bonchev–Trinajstić information content (AvgIpc) is 2.49. The van der Waals surface area contributed by atoms with Crippen molar-refractivity contribution in [1.29, 1.82) is 0 Å². The second kappa shape index (κ2) is 6.65. The van der Waals surface area contributed by atoms with Gasteiger partial charge in [-0.05, 0) is 42.3 Å². The summed E-state index contributed by atoms with van der Waals surface area (Å²) in [4.78, 5) is 12.1. The lowest BCUT2D eigenvalue weighted by Crippen LogP contribution is -2.26. The number of benzene rings is 2. The highest BCUT2D eigenvalue weighted by Gasteiger charge is 2.10. The molecule has 0 fully saturated rings. The number of anilines is 1. The average molecular weight is 286 g/mol. The minimum atomic E-state index is -0.231. The molecule has 0 aliphatic rings. The summed E-state index contributed by atoms with van der Waals surface area (Å²) in [5, 5.41) is 12.0. The number of hydrogen-bond acceptors (Lipinski definition) is 4. The first kappa shape index (κ1) is 14.7. The third kappa shape index (κ3) is 3.89. The summed E-state index contributed by atoms with van der Waals surface area (Å²) in [6, 6.07) is 11.9. The number of nitrogens with one attached hydrogen (secondary N) is 1. The van der Waals surface area contributed by atoms with Crippen molar-refractivity contribution in [3.05, 3.63) is 53.6 Å². The van der Waals surface area contributed by atoms with Gasteiger partial charge in [-0.1, -0.05) is 12.1 Å². The molecular formula is C16H18N2O3. The number of aromatic hydroxyl groups is 1. The Balaban J connectivity index is 1.94. The van der Waals surface area contributed by atoms with E-state index in [2.05, 4.69) is 5.32 Å². The van der Waals surface area contributed by atoms with Crippen LogP contribution in [0.5, 0.6) is 11.5 Å². The number of ether oxygens (including phenoxy) is 1. The molecule has 0 aromatic heterocycles. The molecule has 110 valence electrons. The number of phenolic OH excluding ortho intramolecular Hbond substituents is 1. The van der Waals surface area contributed by atoms with Gasteiger partial charge in [0, 0.05) is 12.2 Å². The number of methoxy groups -OCH3 is 1. The summed E-state index contributed by atoms with van der Waals surface area (Å²) in [6.45, 7) is 0.486. The number of carbonyl (C=O) groups excluding carboxylic acids is 1. The topological polar surface area (TPSA) is 84.6 Å². The van der Waals surface area contributed by atoms with Crippen LogP contribution in [0.4, 0.5) is 5.69 Å². The largest absolute Gasteiger partial charge is 0.508 e. The molecule has 5 heteroatoms. The fraction of sp³-hybridized carbons (Fsp3) is 0.188. The highest BCUT2D eigenvalue weighted by atomic mass is 16.5. The Morgan fingerprint density at radius 2 is 1.95 bits per heavy atom. The van der Waals surface area contributed by atoms with Gasteiger partial charge in [-0.25, -0.2) is 0 Å². The Kier molecular flexibility index (Phi) is 4.66. The van der Waals surface area contributed by atoms with Crippen LogP contribution in [-0.4, -0.2) is 24.7 Å². The molecule has 0 saturated carbocycles. The Morgan fingerprint density at radius 1 is 1.24 bits per heavy atom. The van der Waals surface area contributed by atoms with Gasteiger partial charge in [0.05, 0.1) is 12.7 Å². The number of rotatable bonds is 5. The minimum Gasteiger partial charge on any atom is -0.508 e. The monoisotopic (exact) mass is 286 g/mol. The summed E-state index contributed by atoms with van der Waals surface area (Å²) >= 11 is 0. The molecule has 2 aromatic rings. The fourth-order valence-electron chi connectivity index (χ4n) is 1.94. The van der Waals surface area contributed by atoms with Gasteiger partial charge in [0.1, 0.15) is 11.5 Å². The molecule has 0 unspecified atom stereocenters. The second-order valence-corrected chi connectivity index (χ2v) is 4.63. The standard InChI is InChI=1S/C16H18N2O3/c1-21-13-6-7-15(17)14(10-13)16(20)18-9-8-11-2-4-12(19)5-3-11/h2-7,10,19H,8-9,17H2,1H3,(H,18,20). The molecule has 0 heterocycles. The zero-order valence-corrected chi connectivity index (χ0v) is 11.8. The highest BCUT2D eigenvalue weighted by Crippen LogP contribution is 2.19. The Hall–Kier alpha value is -2.69. The van der Waals surface area contributed by atoms with E-state index in [1.165, 1.54) is 7.11 Å². The van der Waals surface area contributed by atoms with Gasteiger partial charge in [0.2, 0.25) is 0 Å². The summed E-state index contributed by atoms with van der Waals surface area (Å²) in [6.07, 6.45) is 0.676. The number of nitrogen functional groups attached to an aromatic ring is 1. The van der Waals surface area contributed by atoms with Crippen LogP contribution in [0.3, 0.4) is 0 Å². The molecule has 4 N–H and O–H groups in total. The van der Waals surface area contributed by atoms with E-state index in [0.29, 0.717) is 30.0 Å². The first-order valence-corrected chi connectivity index (χ1v) is 6.60. The summed E-state index contributed by atoms with van der Waals surface area (Å²) < 4.78 is 5.09. The van der Waals surface area contributed by atoms with Crippen molar-refractivity contribution in [3.63, 3.8) is 0 Å². The van der Waals surface area contributed by atoms with E-state index >= 15 is 0 Å². The molecule has 0 aliphatic heterocycles. The zero-order valence-electron chi connectivity index (χ0n) is 11.8. The molecule has 1 amide bonds. The minimum absolute atomic E-state index is 0.229. The molecule has 0 radical (unpaired) electrons. The summed E-state index contributed by atoms with van der Waals surface area (Å²) in [5.74, 6) is 0.588. The molecule has 5 nitrogen and oxygen atoms in total. The van der Waals surface area contributed by atoms with Crippen LogP contribution >= 0.6 is 0 Å². The van der Waals surface area contributed by atoms with Crippen LogP contribution in [0.1, 0.15) is 15.9 Å². The molecule has 0 saturated heterocycles. The molecule has 0 aliphatic carbocycles. The van der Waals surface area contributed by atoms with Crippen LogP contribution in [0.15, 0.2) is 42.5 Å². The molecular weight excluding hydrogens is 268 g/mol. The quantitative estimate of drug-likeness (QED) is 0.733. The van der Waals surface area contributed by atoms with Gasteiger partial charge in [-0.3, -0.25) is 4.79 Å². The number of hydrogen-bond donors (Lipinski definition) is 3. The van der Waals surface area contributed by atoms with Crippen molar-refractivity contribution in [2.75, 3.05) is 19.4 Å². The normalized spacial score (nSPS) is 10.1. The van der Waals surface area contributed by atoms with Gasteiger partial charge in [-0.2, -0.15) is 0 Å². The first-order valence-electron chi connectivity index (χ1n) is 6.60. The van der Waals surface area contributed by atoms with Crippen molar-refractivity contribution < 1.29 is 14.6 Å². The van der Waals surface area contributed by atoms with E-state index in [1.54, 1.807) is 30.3 Å². The second-order valence-electron chi connectivity index (χ2n) is 4.63. The SMILES string of the molecule is COc1ccc(N)c(C(=O)NCCc2ccc(O)cc2)c1. The molecule has 0 bridgehead atoms. The van der Waals surface area contributed by atoms with Crippen LogP contribution < -0.4 is 15.8 Å². The highest BCUT2D eigenvalue weighted by molar-refractivity contribution is 5.99. The molecule has 0 spiro atoms. The number of nitrogens with two attached hydrogens (primary N) is 1. The van der Waals surface area contributed by atoms with Crippen LogP contribution in [0.25, 0.3) is 0 Å². The predicted molar refractivity (Wildman–Crippen MR) is 81.6 cm³/mol. The van der Waals surface area contributed by atoms with Crippen molar-refractivity contribution in [3.8, 4) is 11.5 Å². The maximum atomic E-state index is 12.1.